The second-order valence-electron chi connectivity index (χ2n) is 6.56. The Hall–Kier alpha value is -1.39. The number of hydrogen-bond acceptors (Lipinski definition) is 6. The van der Waals surface area contributed by atoms with Gasteiger partial charge in [-0.2, -0.15) is 4.31 Å². The fraction of sp³-hybridized carbons (Fsp3) is 0.667. The SMILES string of the molecule is CC(C(=O)NC1CC1)S(=O)(=O)Cc1ccc(S(=O)(=O)N2CCCC2)o1. The first-order chi connectivity index (χ1) is 11.7. The van der Waals surface area contributed by atoms with Crippen molar-refractivity contribution in [2.45, 2.75) is 54.7 Å². The Kier molecular flexibility index (Phi) is 4.95. The van der Waals surface area contributed by atoms with Crippen LogP contribution in [0.25, 0.3) is 0 Å². The third kappa shape index (κ3) is 4.06. The number of carbonyl (C=O) groups excluding carboxylic acids is 1. The lowest BCUT2D eigenvalue weighted by atomic mass is 10.4. The predicted octanol–water partition coefficient (Wildman–Crippen LogP) is 0.646. The Labute approximate surface area is 147 Å². The van der Waals surface area contributed by atoms with Crippen LogP contribution in [0.5, 0.6) is 0 Å². The standard InChI is InChI=1S/C15H22N2O6S2/c1-11(15(18)16-12-4-5-12)24(19,20)10-13-6-7-14(23-13)25(21,22)17-8-2-3-9-17/h6-7,11-12H,2-5,8-10H2,1H3,(H,16,18). The molecule has 140 valence electrons. The van der Waals surface area contributed by atoms with E-state index in [1.54, 1.807) is 0 Å². The Bertz CT molecular complexity index is 848. The van der Waals surface area contributed by atoms with Crippen LogP contribution >= 0.6 is 0 Å². The van der Waals surface area contributed by atoms with E-state index in [1.165, 1.54) is 23.4 Å². The highest BCUT2D eigenvalue weighted by Crippen LogP contribution is 2.24. The van der Waals surface area contributed by atoms with E-state index in [9.17, 15) is 21.6 Å². The molecule has 1 saturated heterocycles. The summed E-state index contributed by atoms with van der Waals surface area (Å²) in [5, 5.41) is 1.19. The van der Waals surface area contributed by atoms with Crippen molar-refractivity contribution in [1.82, 2.24) is 9.62 Å². The van der Waals surface area contributed by atoms with Gasteiger partial charge < -0.3 is 9.73 Å². The molecule has 2 heterocycles. The van der Waals surface area contributed by atoms with Gasteiger partial charge in [-0.15, -0.1) is 0 Å². The first-order valence-corrected chi connectivity index (χ1v) is 11.5. The summed E-state index contributed by atoms with van der Waals surface area (Å²) in [5.74, 6) is -1.02. The van der Waals surface area contributed by atoms with Gasteiger partial charge in [-0.1, -0.05) is 0 Å². The van der Waals surface area contributed by atoms with Crippen LogP contribution in [0.2, 0.25) is 0 Å². The second-order valence-corrected chi connectivity index (χ2v) is 10.8. The Balaban J connectivity index is 1.70. The minimum absolute atomic E-state index is 0.0174. The number of hydrogen-bond donors (Lipinski definition) is 1. The third-order valence-corrected chi connectivity index (χ3v) is 8.22. The molecule has 0 spiro atoms. The second kappa shape index (κ2) is 6.73. The lowest BCUT2D eigenvalue weighted by molar-refractivity contribution is -0.120. The minimum Gasteiger partial charge on any atom is -0.447 e. The normalized spacial score (nSPS) is 20.5. The van der Waals surface area contributed by atoms with E-state index in [0.29, 0.717) is 13.1 Å². The topological polar surface area (TPSA) is 114 Å². The zero-order valence-corrected chi connectivity index (χ0v) is 15.6. The predicted molar refractivity (Wildman–Crippen MR) is 90.0 cm³/mol. The summed E-state index contributed by atoms with van der Waals surface area (Å²) in [4.78, 5) is 11.9. The molecule has 1 atom stereocenters. The van der Waals surface area contributed by atoms with Crippen LogP contribution in [0.15, 0.2) is 21.6 Å². The maximum absolute atomic E-state index is 12.4. The Morgan fingerprint density at radius 2 is 1.88 bits per heavy atom. The summed E-state index contributed by atoms with van der Waals surface area (Å²) in [7, 11) is -7.52. The molecule has 1 aliphatic heterocycles. The smallest absolute Gasteiger partial charge is 0.276 e. The number of carbonyl (C=O) groups is 1. The van der Waals surface area contributed by atoms with E-state index in [2.05, 4.69) is 5.32 Å². The highest BCUT2D eigenvalue weighted by Gasteiger charge is 2.34. The largest absolute Gasteiger partial charge is 0.447 e. The zero-order chi connectivity index (χ0) is 18.2. The number of sulfonamides is 1. The Morgan fingerprint density at radius 1 is 1.24 bits per heavy atom. The van der Waals surface area contributed by atoms with Crippen LogP contribution in [0.1, 0.15) is 38.4 Å². The highest BCUT2D eigenvalue weighted by atomic mass is 32.2. The fourth-order valence-electron chi connectivity index (χ4n) is 2.66. The number of nitrogens with zero attached hydrogens (tertiary/aromatic N) is 1. The summed E-state index contributed by atoms with van der Waals surface area (Å²) in [6.45, 7) is 2.21. The molecule has 1 amide bonds. The molecule has 1 unspecified atom stereocenters. The van der Waals surface area contributed by atoms with Crippen molar-refractivity contribution in [3.63, 3.8) is 0 Å². The quantitative estimate of drug-likeness (QED) is 0.731. The summed E-state index contributed by atoms with van der Waals surface area (Å²) in [6.07, 6.45) is 3.34. The van der Waals surface area contributed by atoms with E-state index < -0.39 is 36.8 Å². The molecule has 0 aromatic carbocycles. The monoisotopic (exact) mass is 390 g/mol. The molecular weight excluding hydrogens is 368 g/mol. The lowest BCUT2D eigenvalue weighted by Gasteiger charge is -2.13. The number of sulfone groups is 1. The van der Waals surface area contributed by atoms with Crippen molar-refractivity contribution in [1.29, 1.82) is 0 Å². The van der Waals surface area contributed by atoms with Crippen molar-refractivity contribution in [3.8, 4) is 0 Å². The van der Waals surface area contributed by atoms with Crippen LogP contribution in [0.4, 0.5) is 0 Å². The van der Waals surface area contributed by atoms with Crippen LogP contribution in [-0.4, -0.2) is 51.4 Å². The first kappa shape index (κ1) is 18.4. The molecule has 1 aromatic heterocycles. The van der Waals surface area contributed by atoms with Gasteiger partial charge in [0.15, 0.2) is 9.84 Å². The van der Waals surface area contributed by atoms with E-state index >= 15 is 0 Å². The van der Waals surface area contributed by atoms with Crippen molar-refractivity contribution >= 4 is 25.8 Å². The first-order valence-electron chi connectivity index (χ1n) is 8.31. The molecule has 1 N–H and O–H groups in total. The number of furan rings is 1. The molecule has 3 rings (SSSR count). The highest BCUT2D eigenvalue weighted by molar-refractivity contribution is 7.92. The number of nitrogens with one attached hydrogen (secondary N) is 1. The van der Waals surface area contributed by atoms with Gasteiger partial charge in [0.1, 0.15) is 16.8 Å². The van der Waals surface area contributed by atoms with Gasteiger partial charge in [-0.3, -0.25) is 4.79 Å². The average Bonchev–Trinajstić information content (AvgIpc) is 3.04. The van der Waals surface area contributed by atoms with Gasteiger partial charge >= 0.3 is 0 Å². The molecule has 10 heteroatoms. The van der Waals surface area contributed by atoms with Gasteiger partial charge in [0, 0.05) is 19.1 Å². The molecule has 1 aliphatic carbocycles. The summed E-state index contributed by atoms with van der Waals surface area (Å²) >= 11 is 0. The maximum atomic E-state index is 12.4. The summed E-state index contributed by atoms with van der Waals surface area (Å²) < 4.78 is 56.2. The average molecular weight is 390 g/mol. The van der Waals surface area contributed by atoms with Crippen molar-refractivity contribution < 1.29 is 26.0 Å². The fourth-order valence-corrected chi connectivity index (χ4v) is 5.30. The van der Waals surface area contributed by atoms with E-state index in [-0.39, 0.29) is 16.9 Å². The van der Waals surface area contributed by atoms with Crippen LogP contribution < -0.4 is 5.32 Å². The minimum atomic E-state index is -3.80. The molecular formula is C15H22N2O6S2. The van der Waals surface area contributed by atoms with E-state index in [4.69, 9.17) is 4.42 Å². The van der Waals surface area contributed by atoms with E-state index in [1.807, 2.05) is 0 Å². The third-order valence-electron chi connectivity index (χ3n) is 4.47. The van der Waals surface area contributed by atoms with Gasteiger partial charge in [-0.05, 0) is 44.7 Å². The summed E-state index contributed by atoms with van der Waals surface area (Å²) in [6, 6.07) is 2.69. The lowest BCUT2D eigenvalue weighted by Crippen LogP contribution is -2.39. The zero-order valence-electron chi connectivity index (χ0n) is 14.0. The van der Waals surface area contributed by atoms with Crippen molar-refractivity contribution in [2.75, 3.05) is 13.1 Å². The molecule has 25 heavy (non-hydrogen) atoms. The molecule has 0 bridgehead atoms. The van der Waals surface area contributed by atoms with E-state index in [0.717, 1.165) is 25.7 Å². The summed E-state index contributed by atoms with van der Waals surface area (Å²) in [5.41, 5.74) is 0. The molecule has 0 radical (unpaired) electrons. The number of rotatable bonds is 7. The van der Waals surface area contributed by atoms with Crippen LogP contribution in [-0.2, 0) is 30.4 Å². The van der Waals surface area contributed by atoms with Gasteiger partial charge in [0.05, 0.1) is 0 Å². The molecule has 1 aromatic rings. The van der Waals surface area contributed by atoms with Crippen molar-refractivity contribution in [3.05, 3.63) is 17.9 Å². The van der Waals surface area contributed by atoms with Gasteiger partial charge in [0.25, 0.3) is 10.0 Å². The maximum Gasteiger partial charge on any atom is 0.276 e. The molecule has 8 nitrogen and oxygen atoms in total. The van der Waals surface area contributed by atoms with Gasteiger partial charge in [-0.25, -0.2) is 16.8 Å². The Morgan fingerprint density at radius 3 is 2.48 bits per heavy atom. The molecule has 2 aliphatic rings. The van der Waals surface area contributed by atoms with Crippen molar-refractivity contribution in [2.24, 2.45) is 0 Å². The van der Waals surface area contributed by atoms with Crippen LogP contribution in [0.3, 0.4) is 0 Å². The molecule has 1 saturated carbocycles. The molecule has 2 fully saturated rings. The number of amides is 1. The van der Waals surface area contributed by atoms with Gasteiger partial charge in [0.2, 0.25) is 11.0 Å². The van der Waals surface area contributed by atoms with Crippen LogP contribution in [0, 0.1) is 0 Å².